The lowest BCUT2D eigenvalue weighted by molar-refractivity contribution is 0.0479. The molecule has 1 heterocycles. The van der Waals surface area contributed by atoms with Crippen molar-refractivity contribution in [3.05, 3.63) is 82.4 Å². The van der Waals surface area contributed by atoms with Gasteiger partial charge >= 0.3 is 23.9 Å². The van der Waals surface area contributed by atoms with E-state index in [1.165, 1.54) is 0 Å². The molecule has 0 aliphatic heterocycles. The first-order chi connectivity index (χ1) is 19.3. The Hall–Kier alpha value is -4.66. The van der Waals surface area contributed by atoms with Gasteiger partial charge in [-0.2, -0.15) is 0 Å². The summed E-state index contributed by atoms with van der Waals surface area (Å²) in [5.41, 5.74) is 2.36. The molecule has 40 heavy (non-hydrogen) atoms. The second-order valence-electron chi connectivity index (χ2n) is 8.78. The molecule has 208 valence electrons. The first kappa shape index (κ1) is 28.4. The summed E-state index contributed by atoms with van der Waals surface area (Å²) in [7, 11) is 0. The Balaban J connectivity index is 2.12. The summed E-state index contributed by atoms with van der Waals surface area (Å²) in [6, 6.07) is 16.0. The fraction of sp³-hybridized carbons (Fsp3) is 0.290. The van der Waals surface area contributed by atoms with Crippen LogP contribution in [0.5, 0.6) is 0 Å². The molecule has 0 amide bonds. The van der Waals surface area contributed by atoms with Crippen LogP contribution in [0.25, 0.3) is 21.8 Å². The number of esters is 4. The maximum Gasteiger partial charge on any atom is 0.339 e. The van der Waals surface area contributed by atoms with E-state index in [2.05, 4.69) is 0 Å². The van der Waals surface area contributed by atoms with Gasteiger partial charge in [0.2, 0.25) is 0 Å². The van der Waals surface area contributed by atoms with Crippen LogP contribution in [0, 0.1) is 0 Å². The van der Waals surface area contributed by atoms with Crippen molar-refractivity contribution in [2.45, 2.75) is 34.2 Å². The summed E-state index contributed by atoms with van der Waals surface area (Å²) in [4.78, 5) is 51.9. The average Bonchev–Trinajstić information content (AvgIpc) is 3.24. The van der Waals surface area contributed by atoms with E-state index in [9.17, 15) is 19.2 Å². The van der Waals surface area contributed by atoms with Crippen LogP contribution in [-0.4, -0.2) is 54.9 Å². The van der Waals surface area contributed by atoms with Gasteiger partial charge in [-0.15, -0.1) is 0 Å². The summed E-state index contributed by atoms with van der Waals surface area (Å²) in [5, 5.41) is 1.17. The maximum atomic E-state index is 13.0. The topological polar surface area (TPSA) is 110 Å². The van der Waals surface area contributed by atoms with Crippen molar-refractivity contribution in [1.29, 1.82) is 0 Å². The van der Waals surface area contributed by atoms with Crippen molar-refractivity contribution in [3.8, 4) is 0 Å². The zero-order valence-corrected chi connectivity index (χ0v) is 22.9. The van der Waals surface area contributed by atoms with Gasteiger partial charge in [-0.05, 0) is 57.5 Å². The van der Waals surface area contributed by atoms with E-state index in [0.717, 1.165) is 5.56 Å². The molecule has 4 aromatic rings. The van der Waals surface area contributed by atoms with Crippen molar-refractivity contribution in [3.63, 3.8) is 0 Å². The minimum absolute atomic E-state index is 0.0405. The Labute approximate surface area is 231 Å². The largest absolute Gasteiger partial charge is 0.462 e. The van der Waals surface area contributed by atoms with Gasteiger partial charge in [-0.1, -0.05) is 30.3 Å². The molecule has 4 rings (SSSR count). The average molecular weight is 546 g/mol. The highest BCUT2D eigenvalue weighted by Crippen LogP contribution is 2.35. The van der Waals surface area contributed by atoms with Crippen molar-refractivity contribution >= 4 is 45.7 Å². The molecule has 0 fully saturated rings. The lowest BCUT2D eigenvalue weighted by Gasteiger charge is -2.12. The molecule has 0 radical (unpaired) electrons. The smallest absolute Gasteiger partial charge is 0.339 e. The van der Waals surface area contributed by atoms with Crippen molar-refractivity contribution in [2.24, 2.45) is 0 Å². The third-order valence-corrected chi connectivity index (χ3v) is 6.31. The number of hydrogen-bond acceptors (Lipinski definition) is 8. The van der Waals surface area contributed by atoms with E-state index in [4.69, 9.17) is 18.9 Å². The first-order valence-electron chi connectivity index (χ1n) is 13.2. The van der Waals surface area contributed by atoms with E-state index in [1.54, 1.807) is 52.0 Å². The zero-order valence-electron chi connectivity index (χ0n) is 22.9. The summed E-state index contributed by atoms with van der Waals surface area (Å²) in [6.07, 6.45) is 0. The predicted molar refractivity (Wildman–Crippen MR) is 149 cm³/mol. The molecule has 0 aliphatic carbocycles. The van der Waals surface area contributed by atoms with Crippen molar-refractivity contribution in [2.75, 3.05) is 26.4 Å². The summed E-state index contributed by atoms with van der Waals surface area (Å²) in [6.45, 7) is 7.57. The Morgan fingerprint density at radius 1 is 0.550 bits per heavy atom. The Morgan fingerprint density at radius 3 is 1.25 bits per heavy atom. The highest BCUT2D eigenvalue weighted by atomic mass is 16.5. The Morgan fingerprint density at radius 2 is 0.900 bits per heavy atom. The molecule has 0 aliphatic rings. The molecule has 9 nitrogen and oxygen atoms in total. The van der Waals surface area contributed by atoms with Crippen LogP contribution < -0.4 is 0 Å². The van der Waals surface area contributed by atoms with Crippen LogP contribution >= 0.6 is 0 Å². The number of nitrogens with zero attached hydrogens (tertiary/aromatic N) is 1. The molecule has 0 N–H and O–H groups in total. The molecule has 0 atom stereocenters. The van der Waals surface area contributed by atoms with Crippen LogP contribution in [0.3, 0.4) is 0 Å². The number of aromatic nitrogens is 1. The van der Waals surface area contributed by atoms with Gasteiger partial charge < -0.3 is 23.5 Å². The highest BCUT2D eigenvalue weighted by molar-refractivity contribution is 6.17. The quantitative estimate of drug-likeness (QED) is 0.188. The van der Waals surface area contributed by atoms with Gasteiger partial charge in [0.15, 0.2) is 0 Å². The summed E-state index contributed by atoms with van der Waals surface area (Å²) >= 11 is 0. The predicted octanol–water partition coefficient (Wildman–Crippen LogP) is 5.55. The molecule has 0 saturated carbocycles. The fourth-order valence-electron chi connectivity index (χ4n) is 4.63. The Bertz CT molecular complexity index is 1490. The second kappa shape index (κ2) is 12.5. The molecular formula is C31H31NO8. The maximum absolute atomic E-state index is 13.0. The normalized spacial score (nSPS) is 10.9. The molecule has 0 saturated heterocycles. The third-order valence-electron chi connectivity index (χ3n) is 6.31. The van der Waals surface area contributed by atoms with E-state index < -0.39 is 23.9 Å². The van der Waals surface area contributed by atoms with Gasteiger partial charge in [0.05, 0.1) is 59.7 Å². The minimum Gasteiger partial charge on any atom is -0.462 e. The number of carbonyl (C=O) groups is 4. The third kappa shape index (κ3) is 5.54. The highest BCUT2D eigenvalue weighted by Gasteiger charge is 2.27. The number of ether oxygens (including phenoxy) is 4. The Kier molecular flexibility index (Phi) is 8.83. The second-order valence-corrected chi connectivity index (χ2v) is 8.78. The van der Waals surface area contributed by atoms with Gasteiger partial charge in [0.25, 0.3) is 0 Å². The monoisotopic (exact) mass is 545 g/mol. The van der Waals surface area contributed by atoms with E-state index in [-0.39, 0.29) is 48.7 Å². The molecule has 0 spiro atoms. The molecular weight excluding hydrogens is 514 g/mol. The van der Waals surface area contributed by atoms with Gasteiger partial charge in [0.1, 0.15) is 0 Å². The van der Waals surface area contributed by atoms with E-state index >= 15 is 0 Å². The molecule has 1 aromatic heterocycles. The lowest BCUT2D eigenvalue weighted by Crippen LogP contribution is -2.14. The van der Waals surface area contributed by atoms with Crippen LogP contribution in [0.15, 0.2) is 54.6 Å². The molecule has 9 heteroatoms. The number of rotatable bonds is 10. The number of carbonyl (C=O) groups excluding carboxylic acids is 4. The summed E-state index contributed by atoms with van der Waals surface area (Å²) in [5.74, 6) is -2.68. The lowest BCUT2D eigenvalue weighted by atomic mass is 10.00. The van der Waals surface area contributed by atoms with Crippen LogP contribution in [-0.2, 0) is 25.5 Å². The van der Waals surface area contributed by atoms with Gasteiger partial charge in [-0.25, -0.2) is 19.2 Å². The minimum atomic E-state index is -0.676. The number of hydrogen-bond donors (Lipinski definition) is 0. The first-order valence-corrected chi connectivity index (χ1v) is 13.2. The van der Waals surface area contributed by atoms with Crippen LogP contribution in [0.4, 0.5) is 0 Å². The van der Waals surface area contributed by atoms with Gasteiger partial charge in [-0.3, -0.25) is 0 Å². The van der Waals surface area contributed by atoms with E-state index in [1.807, 2.05) is 34.9 Å². The van der Waals surface area contributed by atoms with Gasteiger partial charge in [0, 0.05) is 17.3 Å². The van der Waals surface area contributed by atoms with Crippen LogP contribution in [0.2, 0.25) is 0 Å². The standard InChI is InChI=1S/C31H31NO8/c1-5-37-28(33)22-14-20-21-15-23(29(34)38-6-2)25(31(36)40-8-4)17-27(21)32(18-19-12-10-9-11-13-19)26(20)16-24(22)30(35)39-7-3/h9-17H,5-8,18H2,1-4H3. The van der Waals surface area contributed by atoms with Crippen LogP contribution in [0.1, 0.15) is 74.7 Å². The SMILES string of the molecule is CCOC(=O)c1cc2c3cc(C(=O)OCC)c(C(=O)OCC)cc3n(Cc3ccccc3)c2cc1C(=O)OCC. The van der Waals surface area contributed by atoms with E-state index in [0.29, 0.717) is 28.4 Å². The number of fused-ring (bicyclic) bond motifs is 3. The number of benzene rings is 3. The molecule has 0 unspecified atom stereocenters. The van der Waals surface area contributed by atoms with Crippen molar-refractivity contribution < 1.29 is 38.1 Å². The molecule has 3 aromatic carbocycles. The zero-order chi connectivity index (χ0) is 28.8. The fourth-order valence-corrected chi connectivity index (χ4v) is 4.63. The molecule has 0 bridgehead atoms. The summed E-state index contributed by atoms with van der Waals surface area (Å²) < 4.78 is 22.9. The van der Waals surface area contributed by atoms with Crippen molar-refractivity contribution in [1.82, 2.24) is 4.57 Å².